The molecule has 9 heteroatoms. The van der Waals surface area contributed by atoms with E-state index in [4.69, 9.17) is 44.3 Å². The Morgan fingerprint density at radius 3 is 2.50 bits per heavy atom. The van der Waals surface area contributed by atoms with Gasteiger partial charge >= 0.3 is 5.97 Å². The van der Waals surface area contributed by atoms with Crippen molar-refractivity contribution in [3.63, 3.8) is 0 Å². The monoisotopic (exact) mass is 444 g/mol. The minimum absolute atomic E-state index is 0.266. The quantitative estimate of drug-likeness (QED) is 0.343. The minimum Gasteiger partial charge on any atom is -0.490 e. The molecule has 2 rings (SSSR count). The summed E-state index contributed by atoms with van der Waals surface area (Å²) in [5.41, 5.74) is 4.32. The van der Waals surface area contributed by atoms with Gasteiger partial charge in [0.1, 0.15) is 0 Å². The van der Waals surface area contributed by atoms with Crippen LogP contribution < -0.4 is 14.9 Å². The van der Waals surface area contributed by atoms with Crippen molar-refractivity contribution in [2.24, 2.45) is 5.10 Å². The molecule has 0 fully saturated rings. The highest BCUT2D eigenvalue weighted by molar-refractivity contribution is 6.36. The molecule has 0 spiro atoms. The Balaban J connectivity index is 2.10. The third-order valence-corrected chi connectivity index (χ3v) is 4.51. The van der Waals surface area contributed by atoms with Crippen molar-refractivity contribution in [2.75, 3.05) is 20.3 Å². The molecule has 0 aliphatic carbocycles. The lowest BCUT2D eigenvalue weighted by molar-refractivity contribution is -0.142. The largest absolute Gasteiger partial charge is 0.490 e. The molecule has 0 heterocycles. The number of carbonyl (C=O) groups is 1. The average molecular weight is 446 g/mol. The van der Waals surface area contributed by atoms with Crippen LogP contribution in [-0.4, -0.2) is 32.5 Å². The fourth-order valence-electron chi connectivity index (χ4n) is 2.20. The lowest BCUT2D eigenvalue weighted by atomic mass is 10.2. The van der Waals surface area contributed by atoms with Crippen LogP contribution in [0.25, 0.3) is 0 Å². The summed E-state index contributed by atoms with van der Waals surface area (Å²) in [5.74, 6) is 0.142. The number of nitrogens with one attached hydrogen (secondary N) is 1. The van der Waals surface area contributed by atoms with E-state index >= 15 is 0 Å². The summed E-state index contributed by atoms with van der Waals surface area (Å²) in [5, 5.41) is 5.56. The number of halogens is 3. The minimum atomic E-state index is -0.522. The van der Waals surface area contributed by atoms with Gasteiger partial charge in [0.05, 0.1) is 31.5 Å². The van der Waals surface area contributed by atoms with Gasteiger partial charge in [-0.05, 0) is 36.8 Å². The molecule has 0 amide bonds. The molecule has 0 bridgehead atoms. The molecule has 0 saturated carbocycles. The summed E-state index contributed by atoms with van der Waals surface area (Å²) < 4.78 is 15.5. The third kappa shape index (κ3) is 6.19. The second-order valence-electron chi connectivity index (χ2n) is 5.42. The van der Waals surface area contributed by atoms with Gasteiger partial charge in [0.2, 0.25) is 0 Å². The van der Waals surface area contributed by atoms with E-state index in [1.54, 1.807) is 36.5 Å². The SMILES string of the molecule is CCOc1cc(/C=N/NCc2c(Cl)cccc2Cl)cc(Cl)c1OCC(=O)OC. The maximum absolute atomic E-state index is 11.3. The smallest absolute Gasteiger partial charge is 0.343 e. The van der Waals surface area contributed by atoms with E-state index in [9.17, 15) is 4.79 Å². The van der Waals surface area contributed by atoms with Crippen LogP contribution in [0.4, 0.5) is 0 Å². The molecule has 0 saturated heterocycles. The van der Waals surface area contributed by atoms with Gasteiger partial charge in [0.25, 0.3) is 0 Å². The molecule has 150 valence electrons. The Labute approximate surface area is 178 Å². The second kappa shape index (κ2) is 11.0. The van der Waals surface area contributed by atoms with Crippen molar-refractivity contribution in [2.45, 2.75) is 13.5 Å². The van der Waals surface area contributed by atoms with E-state index in [2.05, 4.69) is 15.3 Å². The van der Waals surface area contributed by atoms with Crippen molar-refractivity contribution in [3.8, 4) is 11.5 Å². The number of benzene rings is 2. The summed E-state index contributed by atoms with van der Waals surface area (Å²) in [6.07, 6.45) is 1.57. The molecule has 2 aromatic rings. The van der Waals surface area contributed by atoms with Crippen LogP contribution in [0.3, 0.4) is 0 Å². The molecule has 0 atom stereocenters. The first-order valence-corrected chi connectivity index (χ1v) is 9.44. The van der Waals surface area contributed by atoms with Gasteiger partial charge in [-0.25, -0.2) is 4.79 Å². The first kappa shape index (κ1) is 22.1. The lowest BCUT2D eigenvalue weighted by Gasteiger charge is -2.13. The predicted molar refractivity (Wildman–Crippen MR) is 111 cm³/mol. The van der Waals surface area contributed by atoms with E-state index in [-0.39, 0.29) is 17.4 Å². The van der Waals surface area contributed by atoms with E-state index in [1.807, 2.05) is 6.92 Å². The van der Waals surface area contributed by atoms with Crippen molar-refractivity contribution >= 4 is 47.0 Å². The molecular formula is C19H19Cl3N2O4. The van der Waals surface area contributed by atoms with E-state index in [0.29, 0.717) is 34.5 Å². The number of esters is 1. The molecule has 1 N–H and O–H groups in total. The van der Waals surface area contributed by atoms with Crippen molar-refractivity contribution < 1.29 is 19.0 Å². The normalized spacial score (nSPS) is 10.8. The number of carbonyl (C=O) groups excluding carboxylic acids is 1. The van der Waals surface area contributed by atoms with Crippen molar-refractivity contribution in [1.82, 2.24) is 5.43 Å². The molecule has 2 aromatic carbocycles. The summed E-state index contributed by atoms with van der Waals surface area (Å²) in [7, 11) is 1.28. The number of hydrogen-bond acceptors (Lipinski definition) is 6. The number of methoxy groups -OCH3 is 1. The van der Waals surface area contributed by atoms with E-state index < -0.39 is 5.97 Å². The zero-order valence-electron chi connectivity index (χ0n) is 15.3. The van der Waals surface area contributed by atoms with Crippen molar-refractivity contribution in [3.05, 3.63) is 56.5 Å². The van der Waals surface area contributed by atoms with E-state index in [0.717, 1.165) is 5.56 Å². The highest BCUT2D eigenvalue weighted by Gasteiger charge is 2.14. The molecular weight excluding hydrogens is 427 g/mol. The molecule has 0 aliphatic rings. The molecule has 0 aromatic heterocycles. The number of hydrazone groups is 1. The predicted octanol–water partition coefficient (Wildman–Crippen LogP) is 4.72. The molecule has 6 nitrogen and oxygen atoms in total. The first-order chi connectivity index (χ1) is 13.5. The Bertz CT molecular complexity index is 839. The van der Waals surface area contributed by atoms with Gasteiger partial charge in [-0.1, -0.05) is 40.9 Å². The van der Waals surface area contributed by atoms with Crippen LogP contribution in [-0.2, 0) is 16.1 Å². The summed E-state index contributed by atoms with van der Waals surface area (Å²) in [4.78, 5) is 11.3. The van der Waals surface area contributed by atoms with Crippen LogP contribution >= 0.6 is 34.8 Å². The van der Waals surface area contributed by atoms with Crippen LogP contribution in [0.5, 0.6) is 11.5 Å². The maximum Gasteiger partial charge on any atom is 0.343 e. The first-order valence-electron chi connectivity index (χ1n) is 8.31. The van der Waals surface area contributed by atoms with Gasteiger partial charge in [-0.2, -0.15) is 5.10 Å². The number of nitrogens with zero attached hydrogens (tertiary/aromatic N) is 1. The molecule has 0 unspecified atom stereocenters. The summed E-state index contributed by atoms with van der Waals surface area (Å²) >= 11 is 18.5. The Morgan fingerprint density at radius 1 is 1.14 bits per heavy atom. The topological polar surface area (TPSA) is 69.1 Å². The lowest BCUT2D eigenvalue weighted by Crippen LogP contribution is -2.13. The second-order valence-corrected chi connectivity index (χ2v) is 6.64. The number of ether oxygens (including phenoxy) is 3. The highest BCUT2D eigenvalue weighted by Crippen LogP contribution is 2.36. The molecule has 28 heavy (non-hydrogen) atoms. The number of hydrogen-bond donors (Lipinski definition) is 1. The summed E-state index contributed by atoms with van der Waals surface area (Å²) in [6, 6.07) is 8.64. The van der Waals surface area contributed by atoms with Gasteiger partial charge in [0, 0.05) is 15.6 Å². The zero-order chi connectivity index (χ0) is 20.5. The Kier molecular flexibility index (Phi) is 8.70. The summed E-state index contributed by atoms with van der Waals surface area (Å²) in [6.45, 7) is 2.31. The molecule has 0 aliphatic heterocycles. The highest BCUT2D eigenvalue weighted by atomic mass is 35.5. The van der Waals surface area contributed by atoms with Crippen LogP contribution in [0.2, 0.25) is 15.1 Å². The Morgan fingerprint density at radius 2 is 1.86 bits per heavy atom. The zero-order valence-corrected chi connectivity index (χ0v) is 17.6. The maximum atomic E-state index is 11.3. The van der Waals surface area contributed by atoms with Crippen molar-refractivity contribution in [1.29, 1.82) is 0 Å². The van der Waals surface area contributed by atoms with Gasteiger partial charge in [-0.3, -0.25) is 0 Å². The Hall–Kier alpha value is -2.15. The van der Waals surface area contributed by atoms with E-state index in [1.165, 1.54) is 7.11 Å². The fraction of sp³-hybridized carbons (Fsp3) is 0.263. The molecule has 0 radical (unpaired) electrons. The van der Waals surface area contributed by atoms with Crippen LogP contribution in [0, 0.1) is 0 Å². The third-order valence-electron chi connectivity index (χ3n) is 3.52. The average Bonchev–Trinajstić information content (AvgIpc) is 2.66. The van der Waals surface area contributed by atoms with Gasteiger partial charge < -0.3 is 19.6 Å². The van der Waals surface area contributed by atoms with Gasteiger partial charge in [-0.15, -0.1) is 0 Å². The van der Waals surface area contributed by atoms with Gasteiger partial charge in [0.15, 0.2) is 18.1 Å². The van der Waals surface area contributed by atoms with Crippen LogP contribution in [0.15, 0.2) is 35.4 Å². The van der Waals surface area contributed by atoms with Crippen LogP contribution in [0.1, 0.15) is 18.1 Å². The number of rotatable bonds is 9. The fourth-order valence-corrected chi connectivity index (χ4v) is 3.01. The standard InChI is InChI=1S/C19H19Cl3N2O4/c1-3-27-17-8-12(7-16(22)19(17)28-11-18(25)26-2)9-23-24-10-13-14(20)5-4-6-15(13)21/h4-9,24H,3,10-11H2,1-2H3/b23-9+.